The Morgan fingerprint density at radius 3 is 2.63 bits per heavy atom. The number of rotatable bonds is 6. The fraction of sp³-hybridized carbons (Fsp3) is 0.286. The molecule has 0 spiro atoms. The van der Waals surface area contributed by atoms with Crippen LogP contribution >= 0.6 is 11.3 Å². The number of carbonyl (C=O) groups is 1. The zero-order valence-electron chi connectivity index (χ0n) is 16.9. The van der Waals surface area contributed by atoms with Crippen molar-refractivity contribution in [2.24, 2.45) is 0 Å². The molecule has 0 aliphatic rings. The molecule has 1 aromatic carbocycles. The third-order valence-electron chi connectivity index (χ3n) is 4.99. The zero-order valence-corrected chi connectivity index (χ0v) is 17.8. The highest BCUT2D eigenvalue weighted by Crippen LogP contribution is 2.25. The summed E-state index contributed by atoms with van der Waals surface area (Å²) >= 11 is 1.50. The molecule has 1 unspecified atom stereocenters. The van der Waals surface area contributed by atoms with Gasteiger partial charge in [-0.3, -0.25) is 14.7 Å². The van der Waals surface area contributed by atoms with Crippen molar-refractivity contribution < 1.29 is 4.79 Å². The van der Waals surface area contributed by atoms with Crippen LogP contribution in [0.15, 0.2) is 35.1 Å². The highest BCUT2D eigenvalue weighted by molar-refractivity contribution is 7.18. The molecule has 3 aromatic heterocycles. The number of thiophene rings is 1. The monoisotopic (exact) mass is 422 g/mol. The maximum Gasteiger partial charge on any atom is 0.259 e. The number of aryl methyl sites for hydroxylation is 4. The summed E-state index contributed by atoms with van der Waals surface area (Å²) in [7, 11) is 0. The highest BCUT2D eigenvalue weighted by atomic mass is 32.1. The van der Waals surface area contributed by atoms with Crippen LogP contribution in [0.1, 0.15) is 45.9 Å². The van der Waals surface area contributed by atoms with Gasteiger partial charge in [-0.25, -0.2) is 9.97 Å². The molecule has 0 radical (unpaired) electrons. The predicted octanol–water partition coefficient (Wildman–Crippen LogP) is 2.87. The van der Waals surface area contributed by atoms with E-state index in [1.807, 2.05) is 51.1 Å². The summed E-state index contributed by atoms with van der Waals surface area (Å²) in [6.07, 6.45) is 0.520. The number of aromatic amines is 2. The van der Waals surface area contributed by atoms with Crippen molar-refractivity contribution in [2.75, 3.05) is 0 Å². The van der Waals surface area contributed by atoms with Gasteiger partial charge < -0.3 is 10.3 Å². The summed E-state index contributed by atoms with van der Waals surface area (Å²) in [5.41, 5.74) is 1.69. The molecule has 0 saturated heterocycles. The first-order valence-electron chi connectivity index (χ1n) is 9.64. The van der Waals surface area contributed by atoms with Crippen LogP contribution in [0, 0.1) is 20.8 Å². The fourth-order valence-electron chi connectivity index (χ4n) is 3.31. The summed E-state index contributed by atoms with van der Waals surface area (Å²) in [6.45, 7) is 5.71. The van der Waals surface area contributed by atoms with E-state index in [-0.39, 0.29) is 17.9 Å². The second kappa shape index (κ2) is 8.19. The van der Waals surface area contributed by atoms with Gasteiger partial charge in [0.2, 0.25) is 5.91 Å². The Balaban J connectivity index is 1.50. The summed E-state index contributed by atoms with van der Waals surface area (Å²) in [6, 6.07) is 9.11. The Morgan fingerprint density at radius 2 is 1.93 bits per heavy atom. The number of H-pyrrole nitrogens is 2. The lowest BCUT2D eigenvalue weighted by Gasteiger charge is -2.16. The Bertz CT molecular complexity index is 1260. The average molecular weight is 423 g/mol. The van der Waals surface area contributed by atoms with Crippen LogP contribution in [0.5, 0.6) is 0 Å². The number of benzene rings is 1. The second-order valence-corrected chi connectivity index (χ2v) is 8.37. The molecule has 4 rings (SSSR count). The molecule has 0 bridgehead atoms. The molecule has 9 heteroatoms. The van der Waals surface area contributed by atoms with Gasteiger partial charge in [0.05, 0.1) is 5.39 Å². The zero-order chi connectivity index (χ0) is 21.3. The Labute approximate surface area is 176 Å². The van der Waals surface area contributed by atoms with Gasteiger partial charge >= 0.3 is 0 Å². The minimum Gasteiger partial charge on any atom is -0.342 e. The van der Waals surface area contributed by atoms with Crippen LogP contribution in [0.2, 0.25) is 0 Å². The van der Waals surface area contributed by atoms with Gasteiger partial charge in [0.25, 0.3) is 5.56 Å². The van der Waals surface area contributed by atoms with Crippen molar-refractivity contribution in [2.45, 2.75) is 39.7 Å². The van der Waals surface area contributed by atoms with Crippen LogP contribution in [-0.2, 0) is 11.2 Å². The van der Waals surface area contributed by atoms with E-state index in [1.165, 1.54) is 11.3 Å². The number of amides is 1. The standard InChI is InChI=1S/C21H22N6O2S/c1-11-12(2)30-21-17(11)20(29)23-15(24-21)9-10-16(28)25-18(14-7-5-4-6-8-14)19-22-13(3)26-27-19/h4-8,18H,9-10H2,1-3H3,(H,25,28)(H,22,26,27)(H,23,24,29). The van der Waals surface area contributed by atoms with E-state index in [0.717, 1.165) is 16.0 Å². The van der Waals surface area contributed by atoms with Gasteiger partial charge in [0.1, 0.15) is 22.5 Å². The molecule has 0 aliphatic heterocycles. The third-order valence-corrected chi connectivity index (χ3v) is 6.09. The second-order valence-electron chi connectivity index (χ2n) is 7.17. The molecule has 1 atom stereocenters. The smallest absolute Gasteiger partial charge is 0.259 e. The summed E-state index contributed by atoms with van der Waals surface area (Å²) in [5, 5.41) is 10.7. The summed E-state index contributed by atoms with van der Waals surface area (Å²) in [5.74, 6) is 1.52. The van der Waals surface area contributed by atoms with Gasteiger partial charge in [-0.05, 0) is 31.9 Å². The van der Waals surface area contributed by atoms with Crippen LogP contribution < -0.4 is 10.9 Å². The molecular formula is C21H22N6O2S. The highest BCUT2D eigenvalue weighted by Gasteiger charge is 2.21. The van der Waals surface area contributed by atoms with Crippen molar-refractivity contribution in [3.05, 3.63) is 74.2 Å². The van der Waals surface area contributed by atoms with Crippen molar-refractivity contribution >= 4 is 27.5 Å². The number of carbonyl (C=O) groups excluding carboxylic acids is 1. The molecule has 3 heterocycles. The molecule has 3 N–H and O–H groups in total. The topological polar surface area (TPSA) is 116 Å². The van der Waals surface area contributed by atoms with Crippen molar-refractivity contribution in [1.29, 1.82) is 0 Å². The van der Waals surface area contributed by atoms with Gasteiger partial charge in [-0.15, -0.1) is 11.3 Å². The molecule has 30 heavy (non-hydrogen) atoms. The van der Waals surface area contributed by atoms with E-state index in [0.29, 0.717) is 34.1 Å². The Kier molecular flexibility index (Phi) is 5.45. The largest absolute Gasteiger partial charge is 0.342 e. The van der Waals surface area contributed by atoms with Gasteiger partial charge in [-0.1, -0.05) is 30.3 Å². The number of nitrogens with one attached hydrogen (secondary N) is 3. The minimum atomic E-state index is -0.458. The fourth-order valence-corrected chi connectivity index (χ4v) is 4.36. The van der Waals surface area contributed by atoms with Crippen LogP contribution in [0.25, 0.3) is 10.2 Å². The van der Waals surface area contributed by atoms with E-state index in [1.54, 1.807) is 0 Å². The van der Waals surface area contributed by atoms with E-state index < -0.39 is 6.04 Å². The van der Waals surface area contributed by atoms with Crippen molar-refractivity contribution in [3.63, 3.8) is 0 Å². The number of hydrogen-bond donors (Lipinski definition) is 3. The van der Waals surface area contributed by atoms with E-state index >= 15 is 0 Å². The summed E-state index contributed by atoms with van der Waals surface area (Å²) in [4.78, 5) is 38.6. The number of nitrogens with zero attached hydrogens (tertiary/aromatic N) is 3. The van der Waals surface area contributed by atoms with Crippen molar-refractivity contribution in [3.8, 4) is 0 Å². The first-order valence-corrected chi connectivity index (χ1v) is 10.5. The normalized spacial score (nSPS) is 12.2. The summed E-state index contributed by atoms with van der Waals surface area (Å²) < 4.78 is 0. The van der Waals surface area contributed by atoms with Crippen LogP contribution in [0.3, 0.4) is 0 Å². The molecule has 0 fully saturated rings. The van der Waals surface area contributed by atoms with E-state index in [4.69, 9.17) is 0 Å². The molecule has 1 amide bonds. The van der Waals surface area contributed by atoms with E-state index in [2.05, 4.69) is 30.5 Å². The number of aromatic nitrogens is 5. The first-order chi connectivity index (χ1) is 14.4. The van der Waals surface area contributed by atoms with Crippen LogP contribution in [-0.4, -0.2) is 31.1 Å². The molecule has 8 nitrogen and oxygen atoms in total. The van der Waals surface area contributed by atoms with Crippen molar-refractivity contribution in [1.82, 2.24) is 30.5 Å². The van der Waals surface area contributed by atoms with Crippen LogP contribution in [0.4, 0.5) is 0 Å². The number of fused-ring (bicyclic) bond motifs is 1. The van der Waals surface area contributed by atoms with Gasteiger partial charge in [-0.2, -0.15) is 5.10 Å². The maximum absolute atomic E-state index is 12.7. The number of hydrogen-bond acceptors (Lipinski definition) is 6. The molecule has 0 saturated carbocycles. The van der Waals surface area contributed by atoms with Gasteiger partial charge in [0.15, 0.2) is 5.82 Å². The average Bonchev–Trinajstić information content (AvgIpc) is 3.28. The molecule has 4 aromatic rings. The quantitative estimate of drug-likeness (QED) is 0.442. The predicted molar refractivity (Wildman–Crippen MR) is 116 cm³/mol. The lowest BCUT2D eigenvalue weighted by atomic mass is 10.1. The lowest BCUT2D eigenvalue weighted by molar-refractivity contribution is -0.121. The Morgan fingerprint density at radius 1 is 1.17 bits per heavy atom. The Hall–Kier alpha value is -3.33. The van der Waals surface area contributed by atoms with E-state index in [9.17, 15) is 9.59 Å². The molecular weight excluding hydrogens is 400 g/mol. The first kappa shape index (κ1) is 20.0. The maximum atomic E-state index is 12.7. The molecule has 154 valence electrons. The molecule has 0 aliphatic carbocycles. The lowest BCUT2D eigenvalue weighted by Crippen LogP contribution is -2.30. The third kappa shape index (κ3) is 4.02. The minimum absolute atomic E-state index is 0.157. The SMILES string of the molecule is Cc1nc(C(NC(=O)CCc2nc3sc(C)c(C)c3c(=O)[nH]2)c2ccccc2)n[nH]1. The van der Waals surface area contributed by atoms with Gasteiger partial charge in [0, 0.05) is 17.7 Å².